The number of benzene rings is 2. The van der Waals surface area contributed by atoms with Crippen LogP contribution in [0.15, 0.2) is 51.7 Å². The third kappa shape index (κ3) is 5.17. The van der Waals surface area contributed by atoms with Crippen LogP contribution < -0.4 is 10.4 Å². The Bertz CT molecular complexity index is 1320. The molecule has 184 valence electrons. The van der Waals surface area contributed by atoms with Crippen molar-refractivity contribution in [2.75, 3.05) is 19.7 Å². The van der Waals surface area contributed by atoms with Gasteiger partial charge in [-0.25, -0.2) is 9.18 Å². The van der Waals surface area contributed by atoms with Crippen molar-refractivity contribution in [3.8, 4) is 5.75 Å². The van der Waals surface area contributed by atoms with Gasteiger partial charge in [-0.15, -0.1) is 0 Å². The molecule has 9 nitrogen and oxygen atoms in total. The Morgan fingerprint density at radius 1 is 1.17 bits per heavy atom. The maximum atomic E-state index is 13.2. The third-order valence-corrected chi connectivity index (χ3v) is 6.32. The molecule has 10 heteroatoms. The first-order valence-electron chi connectivity index (χ1n) is 11.3. The number of carbonyl (C=O) groups is 1. The predicted octanol–water partition coefficient (Wildman–Crippen LogP) is 3.65. The standard InChI is InChI=1S/C25H26FN3O6/c1-15-10-23(31)35-25-20(15)8-9-21(24(25)29(32)33)34-14-22(30)28-12-16(2)27(11-17(28)3)13-18-4-6-19(26)7-5-18/h4-10,16-17H,11-14H2,1-3H3. The average molecular weight is 483 g/mol. The highest BCUT2D eigenvalue weighted by molar-refractivity contribution is 5.90. The van der Waals surface area contributed by atoms with E-state index in [1.54, 1.807) is 30.0 Å². The summed E-state index contributed by atoms with van der Waals surface area (Å²) in [6, 6.07) is 10.5. The summed E-state index contributed by atoms with van der Waals surface area (Å²) in [5, 5.41) is 12.2. The minimum absolute atomic E-state index is 0.0486. The summed E-state index contributed by atoms with van der Waals surface area (Å²) in [6.07, 6.45) is 0. The zero-order valence-corrected chi connectivity index (χ0v) is 19.7. The normalized spacial score (nSPS) is 18.6. The number of nitro groups is 1. The molecule has 2 aromatic carbocycles. The van der Waals surface area contributed by atoms with Crippen LogP contribution >= 0.6 is 0 Å². The van der Waals surface area contributed by atoms with Gasteiger partial charge in [0, 0.05) is 43.2 Å². The topological polar surface area (TPSA) is 106 Å². The molecule has 2 atom stereocenters. The zero-order valence-electron chi connectivity index (χ0n) is 19.7. The zero-order chi connectivity index (χ0) is 25.3. The molecule has 0 saturated carbocycles. The predicted molar refractivity (Wildman–Crippen MR) is 127 cm³/mol. The average Bonchev–Trinajstić information content (AvgIpc) is 2.80. The van der Waals surface area contributed by atoms with Gasteiger partial charge >= 0.3 is 11.3 Å². The summed E-state index contributed by atoms with van der Waals surface area (Å²) in [4.78, 5) is 39.7. The lowest BCUT2D eigenvalue weighted by molar-refractivity contribution is -0.384. The molecule has 1 aliphatic rings. The fraction of sp³-hybridized carbons (Fsp3) is 0.360. The summed E-state index contributed by atoms with van der Waals surface area (Å²) >= 11 is 0. The van der Waals surface area contributed by atoms with Crippen LogP contribution in [-0.4, -0.2) is 52.4 Å². The number of fused-ring (bicyclic) bond motifs is 1. The highest BCUT2D eigenvalue weighted by Gasteiger charge is 2.33. The number of aryl methyl sites for hydroxylation is 1. The molecule has 2 heterocycles. The smallest absolute Gasteiger partial charge is 0.353 e. The van der Waals surface area contributed by atoms with E-state index < -0.39 is 22.8 Å². The highest BCUT2D eigenvalue weighted by Crippen LogP contribution is 2.35. The molecule has 4 rings (SSSR count). The molecule has 0 spiro atoms. The lowest BCUT2D eigenvalue weighted by Crippen LogP contribution is -2.58. The van der Waals surface area contributed by atoms with E-state index in [1.807, 2.05) is 13.8 Å². The Balaban J connectivity index is 1.46. The van der Waals surface area contributed by atoms with E-state index in [4.69, 9.17) is 9.15 Å². The number of ether oxygens (including phenoxy) is 1. The Morgan fingerprint density at radius 2 is 1.89 bits per heavy atom. The van der Waals surface area contributed by atoms with Crippen molar-refractivity contribution in [1.29, 1.82) is 0 Å². The molecular formula is C25H26FN3O6. The summed E-state index contributed by atoms with van der Waals surface area (Å²) in [5.74, 6) is -0.722. The molecule has 2 unspecified atom stereocenters. The number of nitro benzene ring substituents is 1. The lowest BCUT2D eigenvalue weighted by atomic mass is 10.1. The van der Waals surface area contributed by atoms with Gasteiger partial charge < -0.3 is 14.1 Å². The van der Waals surface area contributed by atoms with Crippen LogP contribution in [0.1, 0.15) is 25.0 Å². The minimum atomic E-state index is -0.701. The summed E-state index contributed by atoms with van der Waals surface area (Å²) < 4.78 is 23.9. The Morgan fingerprint density at radius 3 is 2.57 bits per heavy atom. The summed E-state index contributed by atoms with van der Waals surface area (Å²) in [6.45, 7) is 6.91. The van der Waals surface area contributed by atoms with E-state index in [2.05, 4.69) is 4.90 Å². The van der Waals surface area contributed by atoms with E-state index in [9.17, 15) is 24.1 Å². The molecule has 0 radical (unpaired) electrons. The molecule has 1 aromatic heterocycles. The third-order valence-electron chi connectivity index (χ3n) is 6.32. The fourth-order valence-electron chi connectivity index (χ4n) is 4.45. The van der Waals surface area contributed by atoms with E-state index in [-0.39, 0.29) is 35.1 Å². The van der Waals surface area contributed by atoms with Crippen molar-refractivity contribution >= 4 is 22.6 Å². The second-order valence-electron chi connectivity index (χ2n) is 8.88. The number of piperazine rings is 1. The fourth-order valence-corrected chi connectivity index (χ4v) is 4.45. The summed E-state index contributed by atoms with van der Waals surface area (Å²) in [5.41, 5.74) is 0.165. The SMILES string of the molecule is Cc1cc(=O)oc2c([N+](=O)[O-])c(OCC(=O)N3CC(C)N(Cc4ccc(F)cc4)CC3C)ccc12. The molecule has 1 fully saturated rings. The Kier molecular flexibility index (Phi) is 6.83. The Labute approximate surface area is 200 Å². The minimum Gasteiger partial charge on any atom is -0.477 e. The van der Waals surface area contributed by atoms with Crippen LogP contribution in [0.3, 0.4) is 0 Å². The van der Waals surface area contributed by atoms with Crippen molar-refractivity contribution in [1.82, 2.24) is 9.80 Å². The van der Waals surface area contributed by atoms with Crippen LogP contribution in [-0.2, 0) is 11.3 Å². The first-order chi connectivity index (χ1) is 16.6. The first kappa shape index (κ1) is 24.3. The van der Waals surface area contributed by atoms with Gasteiger partial charge in [-0.3, -0.25) is 19.8 Å². The van der Waals surface area contributed by atoms with E-state index in [0.29, 0.717) is 30.6 Å². The lowest BCUT2D eigenvalue weighted by Gasteiger charge is -2.44. The van der Waals surface area contributed by atoms with Gasteiger partial charge in [0.25, 0.3) is 5.91 Å². The molecule has 3 aromatic rings. The van der Waals surface area contributed by atoms with Gasteiger partial charge in [-0.1, -0.05) is 12.1 Å². The molecule has 1 amide bonds. The van der Waals surface area contributed by atoms with Crippen LogP contribution in [0.2, 0.25) is 0 Å². The van der Waals surface area contributed by atoms with E-state index >= 15 is 0 Å². The van der Waals surface area contributed by atoms with Crippen LogP contribution in [0.4, 0.5) is 10.1 Å². The Hall–Kier alpha value is -3.79. The van der Waals surface area contributed by atoms with Gasteiger partial charge in [0.15, 0.2) is 6.61 Å². The van der Waals surface area contributed by atoms with Crippen molar-refractivity contribution in [2.45, 2.75) is 39.4 Å². The van der Waals surface area contributed by atoms with Gasteiger partial charge in [0.05, 0.1) is 4.92 Å². The maximum Gasteiger partial charge on any atom is 0.353 e. The van der Waals surface area contributed by atoms with Gasteiger partial charge in [0.2, 0.25) is 11.3 Å². The number of nitrogens with zero attached hydrogens (tertiary/aromatic N) is 3. The largest absolute Gasteiger partial charge is 0.477 e. The van der Waals surface area contributed by atoms with Gasteiger partial charge in [0.1, 0.15) is 5.82 Å². The number of rotatable bonds is 6. The van der Waals surface area contributed by atoms with Gasteiger partial charge in [-0.05, 0) is 56.2 Å². The second kappa shape index (κ2) is 9.83. The number of hydrogen-bond acceptors (Lipinski definition) is 7. The van der Waals surface area contributed by atoms with Crippen molar-refractivity contribution < 1.29 is 23.3 Å². The molecule has 1 aliphatic heterocycles. The number of amides is 1. The van der Waals surface area contributed by atoms with E-state index in [0.717, 1.165) is 5.56 Å². The molecule has 0 N–H and O–H groups in total. The molecule has 0 aliphatic carbocycles. The monoisotopic (exact) mass is 483 g/mol. The van der Waals surface area contributed by atoms with Crippen molar-refractivity contribution in [3.05, 3.63) is 79.9 Å². The van der Waals surface area contributed by atoms with E-state index in [1.165, 1.54) is 24.3 Å². The molecule has 35 heavy (non-hydrogen) atoms. The van der Waals surface area contributed by atoms with Crippen LogP contribution in [0, 0.1) is 22.9 Å². The first-order valence-corrected chi connectivity index (χ1v) is 11.3. The van der Waals surface area contributed by atoms with Crippen molar-refractivity contribution in [3.63, 3.8) is 0 Å². The van der Waals surface area contributed by atoms with Gasteiger partial charge in [-0.2, -0.15) is 0 Å². The summed E-state index contributed by atoms with van der Waals surface area (Å²) in [7, 11) is 0. The maximum absolute atomic E-state index is 13.2. The molecule has 1 saturated heterocycles. The highest BCUT2D eigenvalue weighted by atomic mass is 19.1. The number of carbonyl (C=O) groups excluding carboxylic acids is 1. The molecule has 0 bridgehead atoms. The second-order valence-corrected chi connectivity index (χ2v) is 8.88. The van der Waals surface area contributed by atoms with Crippen LogP contribution in [0.5, 0.6) is 5.75 Å². The van der Waals surface area contributed by atoms with Crippen LogP contribution in [0.25, 0.3) is 11.0 Å². The molecular weight excluding hydrogens is 457 g/mol. The quantitative estimate of drug-likeness (QED) is 0.299. The van der Waals surface area contributed by atoms with Crippen molar-refractivity contribution in [2.24, 2.45) is 0 Å². The number of halogens is 1. The number of hydrogen-bond donors (Lipinski definition) is 0.